The number of nitrogens with one attached hydrogen (secondary N) is 1. The Bertz CT molecular complexity index is 597. The summed E-state index contributed by atoms with van der Waals surface area (Å²) in [6, 6.07) is 5.80. The zero-order valence-electron chi connectivity index (χ0n) is 13.0. The molecule has 0 aromatic carbocycles. The van der Waals surface area contributed by atoms with Crippen molar-refractivity contribution in [1.29, 1.82) is 0 Å². The Morgan fingerprint density at radius 3 is 3.00 bits per heavy atom. The second-order valence-electron chi connectivity index (χ2n) is 5.86. The van der Waals surface area contributed by atoms with Crippen LogP contribution in [0.5, 0.6) is 0 Å². The van der Waals surface area contributed by atoms with E-state index in [9.17, 15) is 0 Å². The predicted molar refractivity (Wildman–Crippen MR) is 88.7 cm³/mol. The lowest BCUT2D eigenvalue weighted by molar-refractivity contribution is 0.0833. The highest BCUT2D eigenvalue weighted by atomic mass is 32.1. The highest BCUT2D eigenvalue weighted by molar-refractivity contribution is 7.16. The van der Waals surface area contributed by atoms with Crippen LogP contribution in [0.4, 0.5) is 0 Å². The fourth-order valence-electron chi connectivity index (χ4n) is 3.18. The van der Waals surface area contributed by atoms with Gasteiger partial charge in [-0.3, -0.25) is 4.90 Å². The van der Waals surface area contributed by atoms with Crippen molar-refractivity contribution in [3.63, 3.8) is 0 Å². The van der Waals surface area contributed by atoms with Gasteiger partial charge in [0.2, 0.25) is 0 Å². The van der Waals surface area contributed by atoms with Gasteiger partial charge in [-0.15, -0.1) is 11.3 Å². The van der Waals surface area contributed by atoms with Crippen LogP contribution in [-0.2, 0) is 0 Å². The molecule has 0 amide bonds. The highest BCUT2D eigenvalue weighted by Gasteiger charge is 2.30. The smallest absolute Gasteiger partial charge is 0.143 e. The van der Waals surface area contributed by atoms with E-state index in [4.69, 9.17) is 4.98 Å². The SMILES string of the molecule is CC[C@H]1CN(C(C)c2ccc3ncsc3n2)[C@H](CC)CN1. The van der Waals surface area contributed by atoms with Gasteiger partial charge in [0.15, 0.2) is 0 Å². The third-order valence-electron chi connectivity index (χ3n) is 4.65. The predicted octanol–water partition coefficient (Wildman–Crippen LogP) is 3.21. The summed E-state index contributed by atoms with van der Waals surface area (Å²) in [6.45, 7) is 9.02. The van der Waals surface area contributed by atoms with Crippen molar-refractivity contribution in [2.24, 2.45) is 0 Å². The lowest BCUT2D eigenvalue weighted by Crippen LogP contribution is -2.56. The maximum atomic E-state index is 4.82. The van der Waals surface area contributed by atoms with E-state index in [0.29, 0.717) is 18.1 Å². The number of pyridine rings is 1. The average molecular weight is 304 g/mol. The molecule has 3 atom stereocenters. The van der Waals surface area contributed by atoms with Crippen molar-refractivity contribution >= 4 is 21.7 Å². The van der Waals surface area contributed by atoms with Crippen LogP contribution in [0.1, 0.15) is 45.3 Å². The Labute approximate surface area is 130 Å². The summed E-state index contributed by atoms with van der Waals surface area (Å²) in [7, 11) is 0. The van der Waals surface area contributed by atoms with Crippen LogP contribution in [0.3, 0.4) is 0 Å². The van der Waals surface area contributed by atoms with Crippen molar-refractivity contribution in [2.45, 2.75) is 51.7 Å². The second-order valence-corrected chi connectivity index (χ2v) is 6.69. The third-order valence-corrected chi connectivity index (χ3v) is 5.38. The fraction of sp³-hybridized carbons (Fsp3) is 0.625. The molecule has 1 N–H and O–H groups in total. The molecule has 0 saturated carbocycles. The summed E-state index contributed by atoms with van der Waals surface area (Å²) >= 11 is 1.62. The summed E-state index contributed by atoms with van der Waals surface area (Å²) < 4.78 is 0. The van der Waals surface area contributed by atoms with Crippen LogP contribution >= 0.6 is 11.3 Å². The molecule has 2 aromatic rings. The van der Waals surface area contributed by atoms with Crippen LogP contribution < -0.4 is 5.32 Å². The summed E-state index contributed by atoms with van der Waals surface area (Å²) in [5.41, 5.74) is 4.05. The average Bonchev–Trinajstić information content (AvgIpc) is 3.01. The van der Waals surface area contributed by atoms with E-state index in [2.05, 4.69) is 48.1 Å². The molecular formula is C16H24N4S. The molecule has 0 aliphatic carbocycles. The van der Waals surface area contributed by atoms with E-state index >= 15 is 0 Å². The topological polar surface area (TPSA) is 41.1 Å². The zero-order chi connectivity index (χ0) is 14.8. The molecule has 114 valence electrons. The number of hydrogen-bond donors (Lipinski definition) is 1. The monoisotopic (exact) mass is 304 g/mol. The molecule has 4 nitrogen and oxygen atoms in total. The molecule has 3 heterocycles. The number of fused-ring (bicyclic) bond motifs is 1. The molecule has 21 heavy (non-hydrogen) atoms. The van der Waals surface area contributed by atoms with Gasteiger partial charge in [0, 0.05) is 31.2 Å². The minimum absolute atomic E-state index is 0.359. The van der Waals surface area contributed by atoms with E-state index in [1.165, 1.54) is 18.5 Å². The molecular weight excluding hydrogens is 280 g/mol. The van der Waals surface area contributed by atoms with Gasteiger partial charge in [0.25, 0.3) is 0 Å². The van der Waals surface area contributed by atoms with Crippen molar-refractivity contribution in [2.75, 3.05) is 13.1 Å². The van der Waals surface area contributed by atoms with Crippen molar-refractivity contribution < 1.29 is 0 Å². The summed E-state index contributed by atoms with van der Waals surface area (Å²) in [6.07, 6.45) is 2.36. The molecule has 5 heteroatoms. The van der Waals surface area contributed by atoms with E-state index in [-0.39, 0.29) is 0 Å². The van der Waals surface area contributed by atoms with Gasteiger partial charge in [0.05, 0.1) is 16.7 Å². The first-order chi connectivity index (χ1) is 10.2. The van der Waals surface area contributed by atoms with Crippen LogP contribution in [0.2, 0.25) is 0 Å². The Morgan fingerprint density at radius 2 is 2.24 bits per heavy atom. The Kier molecular flexibility index (Phi) is 4.52. The maximum absolute atomic E-state index is 4.82. The third kappa shape index (κ3) is 2.96. The van der Waals surface area contributed by atoms with Crippen molar-refractivity contribution in [3.05, 3.63) is 23.3 Å². The fourth-order valence-corrected chi connectivity index (χ4v) is 3.85. The number of thiazole rings is 1. The summed E-state index contributed by atoms with van der Waals surface area (Å²) in [5, 5.41) is 3.66. The first-order valence-electron chi connectivity index (χ1n) is 7.92. The number of aromatic nitrogens is 2. The van der Waals surface area contributed by atoms with Gasteiger partial charge in [-0.25, -0.2) is 9.97 Å². The van der Waals surface area contributed by atoms with Gasteiger partial charge in [-0.05, 0) is 31.9 Å². The highest BCUT2D eigenvalue weighted by Crippen LogP contribution is 2.27. The largest absolute Gasteiger partial charge is 0.311 e. The van der Waals surface area contributed by atoms with E-state index in [0.717, 1.165) is 23.4 Å². The molecule has 1 aliphatic rings. The van der Waals surface area contributed by atoms with E-state index in [1.54, 1.807) is 11.3 Å². The molecule has 0 spiro atoms. The lowest BCUT2D eigenvalue weighted by atomic mass is 10.0. The number of nitrogens with zero attached hydrogens (tertiary/aromatic N) is 3. The molecule has 1 fully saturated rings. The van der Waals surface area contributed by atoms with Crippen LogP contribution in [0.25, 0.3) is 10.3 Å². The zero-order valence-corrected chi connectivity index (χ0v) is 13.9. The first kappa shape index (κ1) is 14.9. The normalized spacial score (nSPS) is 25.3. The van der Waals surface area contributed by atoms with Crippen molar-refractivity contribution in [1.82, 2.24) is 20.2 Å². The lowest BCUT2D eigenvalue weighted by Gasteiger charge is -2.43. The van der Waals surface area contributed by atoms with Gasteiger partial charge in [-0.1, -0.05) is 13.8 Å². The second kappa shape index (κ2) is 6.38. The number of hydrogen-bond acceptors (Lipinski definition) is 5. The van der Waals surface area contributed by atoms with E-state index < -0.39 is 0 Å². The quantitative estimate of drug-likeness (QED) is 0.941. The number of piperazine rings is 1. The Hall–Kier alpha value is -1.04. The van der Waals surface area contributed by atoms with E-state index in [1.807, 2.05) is 5.51 Å². The minimum Gasteiger partial charge on any atom is -0.311 e. The van der Waals surface area contributed by atoms with Gasteiger partial charge >= 0.3 is 0 Å². The molecule has 2 aromatic heterocycles. The van der Waals surface area contributed by atoms with Gasteiger partial charge in [0.1, 0.15) is 4.83 Å². The van der Waals surface area contributed by atoms with Gasteiger partial charge < -0.3 is 5.32 Å². The first-order valence-corrected chi connectivity index (χ1v) is 8.80. The molecule has 1 saturated heterocycles. The van der Waals surface area contributed by atoms with Gasteiger partial charge in [-0.2, -0.15) is 0 Å². The molecule has 1 unspecified atom stereocenters. The van der Waals surface area contributed by atoms with Crippen LogP contribution in [-0.4, -0.2) is 40.0 Å². The Morgan fingerprint density at radius 1 is 1.38 bits per heavy atom. The number of rotatable bonds is 4. The molecule has 1 aliphatic heterocycles. The van der Waals surface area contributed by atoms with Crippen LogP contribution in [0.15, 0.2) is 17.6 Å². The minimum atomic E-state index is 0.359. The Balaban J connectivity index is 1.85. The van der Waals surface area contributed by atoms with Crippen molar-refractivity contribution in [3.8, 4) is 0 Å². The maximum Gasteiger partial charge on any atom is 0.143 e. The molecule has 3 rings (SSSR count). The molecule has 0 bridgehead atoms. The standard InChI is InChI=1S/C16H24N4S/c1-4-12-9-20(13(5-2)8-17-12)11(3)14-6-7-15-16(19-14)21-10-18-15/h6-7,10-13,17H,4-5,8-9H2,1-3H3/t11?,12-,13+/m0/s1. The summed E-state index contributed by atoms with van der Waals surface area (Å²) in [5.74, 6) is 0. The summed E-state index contributed by atoms with van der Waals surface area (Å²) in [4.78, 5) is 12.8. The molecule has 0 radical (unpaired) electrons. The van der Waals surface area contributed by atoms with Crippen LogP contribution in [0, 0.1) is 0 Å².